The van der Waals surface area contributed by atoms with Crippen LogP contribution < -0.4 is 4.74 Å². The third kappa shape index (κ3) is 8.28. The Hall–Kier alpha value is -2.49. The van der Waals surface area contributed by atoms with Crippen LogP contribution in [0.25, 0.3) is 10.8 Å². The Bertz CT molecular complexity index is 1150. The molecule has 2 aromatic carbocycles. The van der Waals surface area contributed by atoms with E-state index >= 15 is 0 Å². The van der Waals surface area contributed by atoms with Crippen molar-refractivity contribution in [3.05, 3.63) is 78.2 Å². The molecule has 5 heteroatoms. The molecule has 0 aliphatic rings. The quantitative estimate of drug-likeness (QED) is 0.148. The molecule has 36 heavy (non-hydrogen) atoms. The molecule has 0 bridgehead atoms. The smallest absolute Gasteiger partial charge is 0.224 e. The van der Waals surface area contributed by atoms with Gasteiger partial charge in [-0.3, -0.25) is 4.79 Å². The molecule has 0 aliphatic carbocycles. The van der Waals surface area contributed by atoms with E-state index in [1.165, 1.54) is 17.0 Å². The van der Waals surface area contributed by atoms with Crippen molar-refractivity contribution in [1.82, 2.24) is 4.98 Å². The maximum atomic E-state index is 11.8. The van der Waals surface area contributed by atoms with Crippen molar-refractivity contribution in [2.75, 3.05) is 0 Å². The third-order valence-electron chi connectivity index (χ3n) is 6.71. The summed E-state index contributed by atoms with van der Waals surface area (Å²) in [5.41, 5.74) is 0.629. The van der Waals surface area contributed by atoms with Crippen LogP contribution in [0, 0.1) is 16.9 Å². The summed E-state index contributed by atoms with van der Waals surface area (Å²) in [5, 5.41) is 12.1. The molecule has 4 nitrogen and oxygen atoms in total. The van der Waals surface area contributed by atoms with Gasteiger partial charge in [0.05, 0.1) is 0 Å². The van der Waals surface area contributed by atoms with E-state index in [2.05, 4.69) is 37.0 Å². The van der Waals surface area contributed by atoms with Crippen LogP contribution in [0.4, 0.5) is 0 Å². The molecule has 3 aromatic rings. The van der Waals surface area contributed by atoms with Gasteiger partial charge in [-0.15, -0.1) is 12.1 Å². The summed E-state index contributed by atoms with van der Waals surface area (Å²) in [6, 6.07) is 18.9. The summed E-state index contributed by atoms with van der Waals surface area (Å²) in [6.45, 7) is 16.0. The number of ether oxygens (including phenoxy) is 1. The Kier molecular flexibility index (Phi) is 12.0. The fourth-order valence-electron chi connectivity index (χ4n) is 3.20. The number of aliphatic hydroxyl groups excluding tert-OH is 1. The van der Waals surface area contributed by atoms with Crippen molar-refractivity contribution in [2.45, 2.75) is 74.1 Å². The van der Waals surface area contributed by atoms with Gasteiger partial charge in [-0.2, -0.15) is 18.2 Å². The minimum Gasteiger partial charge on any atom is -0.512 e. The van der Waals surface area contributed by atoms with Crippen molar-refractivity contribution in [3.8, 4) is 11.6 Å². The first-order chi connectivity index (χ1) is 16.4. The second kappa shape index (κ2) is 13.7. The van der Waals surface area contributed by atoms with E-state index in [9.17, 15) is 9.90 Å². The Morgan fingerprint density at radius 1 is 1.00 bits per heavy atom. The number of pyridine rings is 1. The number of ketones is 1. The zero-order valence-electron chi connectivity index (χ0n) is 22.8. The van der Waals surface area contributed by atoms with E-state index in [0.717, 1.165) is 18.2 Å². The van der Waals surface area contributed by atoms with E-state index in [1.807, 2.05) is 77.9 Å². The van der Waals surface area contributed by atoms with Crippen LogP contribution in [-0.2, 0) is 24.9 Å². The van der Waals surface area contributed by atoms with E-state index in [4.69, 9.17) is 4.74 Å². The molecule has 0 saturated carbocycles. The number of fused-ring (bicyclic) bond motifs is 1. The molecule has 0 unspecified atom stereocenters. The molecule has 1 N–H and O–H groups in total. The zero-order valence-corrected chi connectivity index (χ0v) is 25.2. The number of aromatic nitrogens is 1. The number of nitrogens with zero attached hydrogens (tertiary/aromatic N) is 1. The van der Waals surface area contributed by atoms with E-state index in [-0.39, 0.29) is 42.5 Å². The summed E-state index contributed by atoms with van der Waals surface area (Å²) in [5.74, 6) is 1.98. The van der Waals surface area contributed by atoms with E-state index in [0.29, 0.717) is 17.5 Å². The summed E-state index contributed by atoms with van der Waals surface area (Å²) in [6.07, 6.45) is 4.79. The molecule has 0 fully saturated rings. The zero-order chi connectivity index (χ0) is 26.2. The number of carbonyl (C=O) groups is 1. The minimum atomic E-state index is -0.377. The Labute approximate surface area is 230 Å². The van der Waals surface area contributed by atoms with Crippen molar-refractivity contribution >= 4 is 16.6 Å². The summed E-state index contributed by atoms with van der Waals surface area (Å²) in [7, 11) is 0. The van der Waals surface area contributed by atoms with Gasteiger partial charge in [0, 0.05) is 54.3 Å². The minimum absolute atomic E-state index is 0. The van der Waals surface area contributed by atoms with Gasteiger partial charge < -0.3 is 9.84 Å². The van der Waals surface area contributed by atoms with Gasteiger partial charge in [0.25, 0.3) is 0 Å². The number of hydrogen-bond acceptors (Lipinski definition) is 4. The normalized spacial score (nSPS) is 12.0. The molecule has 1 aromatic heterocycles. The maximum absolute atomic E-state index is 11.8. The predicted octanol–water partition coefficient (Wildman–Crippen LogP) is 8.82. The summed E-state index contributed by atoms with van der Waals surface area (Å²) < 4.78 is 5.86. The molecule has 3 rings (SSSR count). The molecule has 0 amide bonds. The van der Waals surface area contributed by atoms with Crippen molar-refractivity contribution < 1.29 is 34.7 Å². The van der Waals surface area contributed by atoms with Gasteiger partial charge in [-0.1, -0.05) is 67.5 Å². The Morgan fingerprint density at radius 2 is 1.67 bits per heavy atom. The van der Waals surface area contributed by atoms with Gasteiger partial charge in [-0.05, 0) is 41.8 Å². The average molecular weight is 667 g/mol. The van der Waals surface area contributed by atoms with Gasteiger partial charge in [0.1, 0.15) is 5.76 Å². The van der Waals surface area contributed by atoms with E-state index in [1.54, 1.807) is 6.20 Å². The monoisotopic (exact) mass is 667 g/mol. The second-order valence-electron chi connectivity index (χ2n) is 10.4. The fraction of sp³-hybridized carbons (Fsp3) is 0.419. The van der Waals surface area contributed by atoms with Gasteiger partial charge in [0.15, 0.2) is 5.78 Å². The number of para-hydroxylation sites is 1. The molecular weight excluding hydrogens is 627 g/mol. The molecular formula is C31H40IrNO3-. The first kappa shape index (κ1) is 31.5. The number of aliphatic hydroxyl groups is 1. The Morgan fingerprint density at radius 3 is 2.22 bits per heavy atom. The van der Waals surface area contributed by atoms with E-state index < -0.39 is 0 Å². The fourth-order valence-corrected chi connectivity index (χ4v) is 3.20. The van der Waals surface area contributed by atoms with Crippen molar-refractivity contribution in [2.24, 2.45) is 10.8 Å². The van der Waals surface area contributed by atoms with Crippen LogP contribution in [0.5, 0.6) is 11.6 Å². The van der Waals surface area contributed by atoms with Crippen molar-refractivity contribution in [1.29, 1.82) is 0 Å². The molecule has 0 spiro atoms. The number of benzene rings is 2. The van der Waals surface area contributed by atoms with Crippen molar-refractivity contribution in [3.63, 3.8) is 0 Å². The molecule has 197 valence electrons. The summed E-state index contributed by atoms with van der Waals surface area (Å²) >= 11 is 0. The van der Waals surface area contributed by atoms with Gasteiger partial charge in [0.2, 0.25) is 5.88 Å². The molecule has 0 saturated heterocycles. The second-order valence-corrected chi connectivity index (χ2v) is 10.4. The van der Waals surface area contributed by atoms with Crippen LogP contribution in [0.15, 0.2) is 66.6 Å². The largest absolute Gasteiger partial charge is 0.512 e. The van der Waals surface area contributed by atoms with Crippen LogP contribution in [0.2, 0.25) is 0 Å². The SMILES string of the molecule is CC(C)c1cccc2c(Oc3[c-]cccc3)nccc12.CCC(C)(C)C(=O)/C=C(\O)C(C)(C)CC.[Ir]. The molecule has 1 radical (unpaired) electrons. The molecule has 0 atom stereocenters. The Balaban J connectivity index is 0.000000367. The van der Waals surface area contributed by atoms with Gasteiger partial charge in [-0.25, -0.2) is 4.98 Å². The van der Waals surface area contributed by atoms with Crippen LogP contribution >= 0.6 is 0 Å². The standard InChI is InChI=1S/C18H16NO.C13H24O2.Ir/c1-13(2)15-9-6-10-17-16(15)11-12-19-18(17)20-14-7-4-3-5-8-14;1-7-12(3,4)10(14)9-11(15)13(5,6)8-2;/h3-7,9-13H,1-2H3;9,14H,7-8H2,1-6H3;/q-1;;/b;10-9-;. The molecule has 1 heterocycles. The predicted molar refractivity (Wildman–Crippen MR) is 145 cm³/mol. The van der Waals surface area contributed by atoms with Crippen LogP contribution in [0.3, 0.4) is 0 Å². The number of carbonyl (C=O) groups excluding carboxylic acids is 1. The number of allylic oxidation sites excluding steroid dienone is 2. The summed E-state index contributed by atoms with van der Waals surface area (Å²) in [4.78, 5) is 16.2. The molecule has 0 aliphatic heterocycles. The topological polar surface area (TPSA) is 59.4 Å². The number of hydrogen-bond donors (Lipinski definition) is 1. The third-order valence-corrected chi connectivity index (χ3v) is 6.71. The van der Waals surface area contributed by atoms with Crippen LogP contribution in [-0.4, -0.2) is 15.9 Å². The first-order valence-electron chi connectivity index (χ1n) is 12.4. The van der Waals surface area contributed by atoms with Crippen LogP contribution in [0.1, 0.15) is 79.7 Å². The maximum Gasteiger partial charge on any atom is 0.224 e. The number of rotatable bonds is 8. The van der Waals surface area contributed by atoms with Gasteiger partial charge >= 0.3 is 0 Å². The average Bonchev–Trinajstić information content (AvgIpc) is 2.84. The first-order valence-corrected chi connectivity index (χ1v) is 12.4.